The summed E-state index contributed by atoms with van der Waals surface area (Å²) in [7, 11) is 0. The van der Waals surface area contributed by atoms with E-state index in [0.717, 1.165) is 16.9 Å². The molecule has 2 atom stereocenters. The number of carbonyl (C=O) groups excluding carboxylic acids is 2. The third-order valence-corrected chi connectivity index (χ3v) is 4.53. The van der Waals surface area contributed by atoms with E-state index in [2.05, 4.69) is 5.32 Å². The molecule has 1 fully saturated rings. The van der Waals surface area contributed by atoms with Crippen molar-refractivity contribution in [2.45, 2.75) is 32.9 Å². The van der Waals surface area contributed by atoms with Gasteiger partial charge in [0.15, 0.2) is 0 Å². The Labute approximate surface area is 141 Å². The summed E-state index contributed by atoms with van der Waals surface area (Å²) >= 11 is 0. The number of nitrogens with one attached hydrogen (secondary N) is 1. The van der Waals surface area contributed by atoms with Gasteiger partial charge in [-0.1, -0.05) is 24.3 Å². The van der Waals surface area contributed by atoms with Crippen molar-refractivity contribution in [3.8, 4) is 0 Å². The van der Waals surface area contributed by atoms with Gasteiger partial charge >= 0.3 is 0 Å². The molecule has 1 aliphatic rings. The molecule has 2 aromatic rings. The third kappa shape index (κ3) is 3.50. The molecule has 24 heavy (non-hydrogen) atoms. The van der Waals surface area contributed by atoms with Gasteiger partial charge in [0.05, 0.1) is 24.8 Å². The van der Waals surface area contributed by atoms with Crippen LogP contribution in [0.15, 0.2) is 47.1 Å². The Morgan fingerprint density at radius 1 is 1.33 bits per heavy atom. The minimum Gasteiger partial charge on any atom is -0.467 e. The van der Waals surface area contributed by atoms with Gasteiger partial charge in [0.2, 0.25) is 11.8 Å². The predicted molar refractivity (Wildman–Crippen MR) is 90.0 cm³/mol. The summed E-state index contributed by atoms with van der Waals surface area (Å²) in [6, 6.07) is 11.6. The van der Waals surface area contributed by atoms with E-state index in [1.165, 1.54) is 0 Å². The van der Waals surface area contributed by atoms with Crippen LogP contribution in [0.3, 0.4) is 0 Å². The first-order valence-corrected chi connectivity index (χ1v) is 8.20. The smallest absolute Gasteiger partial charge is 0.225 e. The second kappa shape index (κ2) is 6.91. The lowest BCUT2D eigenvalue weighted by Crippen LogP contribution is -2.34. The second-order valence-electron chi connectivity index (χ2n) is 6.34. The van der Waals surface area contributed by atoms with Crippen LogP contribution in [0.2, 0.25) is 0 Å². The molecule has 1 aliphatic heterocycles. The quantitative estimate of drug-likeness (QED) is 0.919. The van der Waals surface area contributed by atoms with E-state index >= 15 is 0 Å². The highest BCUT2D eigenvalue weighted by molar-refractivity contribution is 5.89. The van der Waals surface area contributed by atoms with Gasteiger partial charge in [0, 0.05) is 13.0 Å². The Hall–Kier alpha value is -2.56. The first-order valence-electron chi connectivity index (χ1n) is 8.20. The van der Waals surface area contributed by atoms with Crippen molar-refractivity contribution < 1.29 is 14.0 Å². The second-order valence-corrected chi connectivity index (χ2v) is 6.34. The lowest BCUT2D eigenvalue weighted by Gasteiger charge is -2.19. The van der Waals surface area contributed by atoms with Crippen LogP contribution >= 0.6 is 0 Å². The highest BCUT2D eigenvalue weighted by Gasteiger charge is 2.35. The highest BCUT2D eigenvalue weighted by atomic mass is 16.3. The van der Waals surface area contributed by atoms with Crippen molar-refractivity contribution in [2.75, 3.05) is 6.54 Å². The summed E-state index contributed by atoms with van der Waals surface area (Å²) in [5.74, 6) is 0.354. The SMILES string of the molecule is Cc1ccccc1C(C)NC(=O)C1CC(=O)N(Cc2ccco2)C1. The number of carbonyl (C=O) groups is 2. The number of hydrogen-bond acceptors (Lipinski definition) is 3. The molecule has 2 unspecified atom stereocenters. The molecule has 1 aromatic carbocycles. The minimum absolute atomic E-state index is 0.00454. The molecule has 0 radical (unpaired) electrons. The topological polar surface area (TPSA) is 62.6 Å². The molecule has 3 rings (SSSR count). The molecule has 1 aromatic heterocycles. The molecule has 0 aliphatic carbocycles. The number of hydrogen-bond donors (Lipinski definition) is 1. The molecule has 0 spiro atoms. The van der Waals surface area contributed by atoms with E-state index in [4.69, 9.17) is 4.42 Å². The van der Waals surface area contributed by atoms with Crippen molar-refractivity contribution in [3.05, 3.63) is 59.5 Å². The average molecular weight is 326 g/mol. The monoisotopic (exact) mass is 326 g/mol. The van der Waals surface area contributed by atoms with E-state index < -0.39 is 0 Å². The lowest BCUT2D eigenvalue weighted by atomic mass is 10.0. The average Bonchev–Trinajstić information content (AvgIpc) is 3.18. The van der Waals surface area contributed by atoms with Gasteiger partial charge in [0.1, 0.15) is 5.76 Å². The fourth-order valence-electron chi connectivity index (χ4n) is 3.17. The van der Waals surface area contributed by atoms with Crippen molar-refractivity contribution in [2.24, 2.45) is 5.92 Å². The molecule has 126 valence electrons. The van der Waals surface area contributed by atoms with Crippen LogP contribution in [0.25, 0.3) is 0 Å². The Morgan fingerprint density at radius 3 is 2.83 bits per heavy atom. The zero-order valence-corrected chi connectivity index (χ0v) is 14.0. The highest BCUT2D eigenvalue weighted by Crippen LogP contribution is 2.23. The number of nitrogens with zero attached hydrogens (tertiary/aromatic N) is 1. The maximum Gasteiger partial charge on any atom is 0.225 e. The van der Waals surface area contributed by atoms with Crippen molar-refractivity contribution in [1.82, 2.24) is 10.2 Å². The predicted octanol–water partition coefficient (Wildman–Crippen LogP) is 2.81. The number of likely N-dealkylation sites (tertiary alicyclic amines) is 1. The minimum atomic E-state index is -0.307. The van der Waals surface area contributed by atoms with Crippen molar-refractivity contribution >= 4 is 11.8 Å². The fraction of sp³-hybridized carbons (Fsp3) is 0.368. The van der Waals surface area contributed by atoms with E-state index in [0.29, 0.717) is 13.1 Å². The lowest BCUT2D eigenvalue weighted by molar-refractivity contribution is -0.129. The summed E-state index contributed by atoms with van der Waals surface area (Å²) in [6.45, 7) is 4.86. The van der Waals surface area contributed by atoms with Crippen LogP contribution < -0.4 is 5.32 Å². The van der Waals surface area contributed by atoms with E-state index in [-0.39, 0.29) is 30.2 Å². The number of furan rings is 1. The van der Waals surface area contributed by atoms with Crippen LogP contribution in [-0.2, 0) is 16.1 Å². The third-order valence-electron chi connectivity index (χ3n) is 4.53. The van der Waals surface area contributed by atoms with E-state index in [9.17, 15) is 9.59 Å². The molecule has 5 heteroatoms. The van der Waals surface area contributed by atoms with Crippen LogP contribution in [-0.4, -0.2) is 23.3 Å². The Kier molecular flexibility index (Phi) is 4.69. The van der Waals surface area contributed by atoms with Gasteiger partial charge in [-0.05, 0) is 37.1 Å². The van der Waals surface area contributed by atoms with E-state index in [1.807, 2.05) is 44.2 Å². The first kappa shape index (κ1) is 16.3. The number of benzene rings is 1. The van der Waals surface area contributed by atoms with Gasteiger partial charge in [-0.15, -0.1) is 0 Å². The molecule has 2 heterocycles. The Balaban J connectivity index is 1.60. The van der Waals surface area contributed by atoms with Crippen LogP contribution in [0.5, 0.6) is 0 Å². The summed E-state index contributed by atoms with van der Waals surface area (Å²) in [5.41, 5.74) is 2.25. The van der Waals surface area contributed by atoms with Crippen LogP contribution in [0.4, 0.5) is 0 Å². The summed E-state index contributed by atoms with van der Waals surface area (Å²) < 4.78 is 5.28. The summed E-state index contributed by atoms with van der Waals surface area (Å²) in [4.78, 5) is 26.3. The molecule has 0 saturated carbocycles. The maximum atomic E-state index is 12.5. The largest absolute Gasteiger partial charge is 0.467 e. The van der Waals surface area contributed by atoms with E-state index in [1.54, 1.807) is 17.2 Å². The van der Waals surface area contributed by atoms with Crippen LogP contribution in [0, 0.1) is 12.8 Å². The molecule has 5 nitrogen and oxygen atoms in total. The molecule has 2 amide bonds. The van der Waals surface area contributed by atoms with Gasteiger partial charge in [-0.25, -0.2) is 0 Å². The molecule has 1 N–H and O–H groups in total. The molecule has 0 bridgehead atoms. The first-order chi connectivity index (χ1) is 11.5. The van der Waals surface area contributed by atoms with Crippen LogP contribution in [0.1, 0.15) is 36.3 Å². The summed E-state index contributed by atoms with van der Waals surface area (Å²) in [5, 5.41) is 3.04. The standard InChI is InChI=1S/C19H22N2O3/c1-13-6-3-4-8-17(13)14(2)20-19(23)15-10-18(22)21(11-15)12-16-7-5-9-24-16/h3-9,14-15H,10-12H2,1-2H3,(H,20,23). The normalized spacial score (nSPS) is 18.7. The zero-order chi connectivity index (χ0) is 17.1. The maximum absolute atomic E-state index is 12.5. The van der Waals surface area contributed by atoms with Gasteiger partial charge in [-0.3, -0.25) is 9.59 Å². The van der Waals surface area contributed by atoms with Gasteiger partial charge < -0.3 is 14.6 Å². The molecular formula is C19H22N2O3. The van der Waals surface area contributed by atoms with Gasteiger partial charge in [0.25, 0.3) is 0 Å². The number of rotatable bonds is 5. The summed E-state index contributed by atoms with van der Waals surface area (Å²) in [6.07, 6.45) is 1.84. The van der Waals surface area contributed by atoms with Crippen molar-refractivity contribution in [1.29, 1.82) is 0 Å². The molecular weight excluding hydrogens is 304 g/mol. The molecule has 1 saturated heterocycles. The van der Waals surface area contributed by atoms with Gasteiger partial charge in [-0.2, -0.15) is 0 Å². The Bertz CT molecular complexity index is 724. The van der Waals surface area contributed by atoms with Crippen molar-refractivity contribution in [3.63, 3.8) is 0 Å². The Morgan fingerprint density at radius 2 is 2.12 bits per heavy atom. The fourth-order valence-corrected chi connectivity index (χ4v) is 3.17. The number of amides is 2. The zero-order valence-electron chi connectivity index (χ0n) is 14.0. The number of aryl methyl sites for hydroxylation is 1.